The van der Waals surface area contributed by atoms with Gasteiger partial charge in [0.25, 0.3) is 0 Å². The van der Waals surface area contributed by atoms with E-state index in [1.54, 1.807) is 0 Å². The minimum atomic E-state index is -0.724. The van der Waals surface area contributed by atoms with Gasteiger partial charge in [0.2, 0.25) is 5.91 Å². The highest BCUT2D eigenvalue weighted by Crippen LogP contribution is 2.36. The predicted octanol–water partition coefficient (Wildman–Crippen LogP) is 2.15. The first-order valence-electron chi connectivity index (χ1n) is 10.0. The van der Waals surface area contributed by atoms with Crippen LogP contribution in [-0.4, -0.2) is 63.5 Å². The van der Waals surface area contributed by atoms with E-state index in [2.05, 4.69) is 21.5 Å². The van der Waals surface area contributed by atoms with Crippen LogP contribution in [0.5, 0.6) is 0 Å². The second-order valence-corrected chi connectivity index (χ2v) is 8.36. The molecule has 2 fully saturated rings. The lowest BCUT2D eigenvalue weighted by Gasteiger charge is -2.41. The van der Waals surface area contributed by atoms with E-state index in [1.807, 2.05) is 31.5 Å². The molecule has 1 saturated carbocycles. The number of carbonyl (C=O) groups excluding carboxylic acids is 1. The second kappa shape index (κ2) is 8.42. The largest absolute Gasteiger partial charge is 0.481 e. The molecule has 0 unspecified atom stereocenters. The van der Waals surface area contributed by atoms with Gasteiger partial charge < -0.3 is 14.6 Å². The lowest BCUT2D eigenvalue weighted by molar-refractivity contribution is -0.145. The van der Waals surface area contributed by atoms with Crippen molar-refractivity contribution >= 4 is 11.9 Å². The van der Waals surface area contributed by atoms with Crippen LogP contribution in [0.2, 0.25) is 0 Å². The molecule has 0 spiro atoms. The molecule has 2 heterocycles. The number of amides is 1. The summed E-state index contributed by atoms with van der Waals surface area (Å²) in [5, 5.41) is 9.15. The van der Waals surface area contributed by atoms with Crippen LogP contribution in [0.25, 0.3) is 0 Å². The smallest absolute Gasteiger partial charge is 0.306 e. The van der Waals surface area contributed by atoms with E-state index in [0.29, 0.717) is 31.6 Å². The molecule has 1 amide bonds. The second-order valence-electron chi connectivity index (χ2n) is 8.36. The third-order valence-electron chi connectivity index (χ3n) is 6.47. The van der Waals surface area contributed by atoms with Gasteiger partial charge >= 0.3 is 5.97 Å². The van der Waals surface area contributed by atoms with Crippen molar-refractivity contribution in [1.29, 1.82) is 0 Å². The number of aliphatic carboxylic acids is 1. The average Bonchev–Trinajstić information content (AvgIpc) is 3.07. The van der Waals surface area contributed by atoms with Crippen LogP contribution in [0.4, 0.5) is 0 Å². The summed E-state index contributed by atoms with van der Waals surface area (Å²) in [4.78, 5) is 32.6. The number of hydrogen-bond acceptors (Lipinski definition) is 4. The summed E-state index contributed by atoms with van der Waals surface area (Å²) < 4.78 is 2.08. The van der Waals surface area contributed by atoms with Crippen LogP contribution in [0.15, 0.2) is 12.5 Å². The maximum Gasteiger partial charge on any atom is 0.306 e. The molecule has 1 aliphatic carbocycles. The highest BCUT2D eigenvalue weighted by atomic mass is 16.4. The van der Waals surface area contributed by atoms with Crippen LogP contribution in [0, 0.1) is 17.8 Å². The molecule has 2 atom stereocenters. The van der Waals surface area contributed by atoms with Crippen molar-refractivity contribution in [1.82, 2.24) is 19.4 Å². The molecule has 1 aromatic rings. The van der Waals surface area contributed by atoms with E-state index >= 15 is 0 Å². The molecule has 1 aromatic heterocycles. The summed E-state index contributed by atoms with van der Waals surface area (Å²) in [6.45, 7) is 1.79. The Morgan fingerprint density at radius 2 is 1.85 bits per heavy atom. The molecule has 0 radical (unpaired) electrons. The molecule has 7 nitrogen and oxygen atoms in total. The topological polar surface area (TPSA) is 78.7 Å². The Hall–Kier alpha value is -1.89. The van der Waals surface area contributed by atoms with Gasteiger partial charge in [-0.05, 0) is 58.0 Å². The monoisotopic (exact) mass is 376 g/mol. The standard InChI is InChI=1S/C20H32N4O3/c1-22-10-4-5-16(18(22)17-11-21-13-24(17)3)12-23(2)19(25)14-6-8-15(9-7-14)20(26)27/h11,13-16,18H,4-10,12H2,1-3H3,(H,26,27)/t14?,15?,16-,18+/m0/s1. The zero-order chi connectivity index (χ0) is 19.6. The number of carbonyl (C=O) groups is 2. The molecule has 0 aromatic carbocycles. The number of imidazole rings is 1. The number of aromatic nitrogens is 2. The van der Waals surface area contributed by atoms with Crippen molar-refractivity contribution in [2.75, 3.05) is 27.2 Å². The number of aryl methyl sites for hydroxylation is 1. The SMILES string of the molecule is CN(C[C@@H]1CCCN(C)[C@H]1c1cncn1C)C(=O)C1CCC(C(=O)O)CC1. The fourth-order valence-corrected chi connectivity index (χ4v) is 4.91. The van der Waals surface area contributed by atoms with Gasteiger partial charge in [-0.3, -0.25) is 14.5 Å². The number of nitrogens with zero attached hydrogens (tertiary/aromatic N) is 4. The summed E-state index contributed by atoms with van der Waals surface area (Å²) in [6.07, 6.45) is 8.63. The van der Waals surface area contributed by atoms with Crippen molar-refractivity contribution in [3.05, 3.63) is 18.2 Å². The molecule has 1 saturated heterocycles. The van der Waals surface area contributed by atoms with Crippen molar-refractivity contribution in [2.45, 2.75) is 44.6 Å². The van der Waals surface area contributed by atoms with Gasteiger partial charge in [0, 0.05) is 32.8 Å². The van der Waals surface area contributed by atoms with E-state index in [0.717, 1.165) is 25.9 Å². The van der Waals surface area contributed by atoms with E-state index < -0.39 is 5.97 Å². The number of carboxylic acids is 1. The number of carboxylic acid groups (broad SMARTS) is 1. The number of rotatable bonds is 5. The maximum absolute atomic E-state index is 12.9. The molecule has 0 bridgehead atoms. The number of hydrogen-bond donors (Lipinski definition) is 1. The summed E-state index contributed by atoms with van der Waals surface area (Å²) in [7, 11) is 6.08. The Morgan fingerprint density at radius 1 is 1.19 bits per heavy atom. The minimum Gasteiger partial charge on any atom is -0.481 e. The Balaban J connectivity index is 1.63. The van der Waals surface area contributed by atoms with Crippen LogP contribution in [0.3, 0.4) is 0 Å². The summed E-state index contributed by atoms with van der Waals surface area (Å²) in [6, 6.07) is 0.268. The molecule has 1 aliphatic heterocycles. The molecular formula is C20H32N4O3. The van der Waals surface area contributed by atoms with Crippen molar-refractivity contribution in [3.8, 4) is 0 Å². The van der Waals surface area contributed by atoms with Gasteiger partial charge in [-0.25, -0.2) is 4.98 Å². The Labute approximate surface area is 161 Å². The Kier molecular flexibility index (Phi) is 6.19. The van der Waals surface area contributed by atoms with Crippen molar-refractivity contribution in [3.63, 3.8) is 0 Å². The zero-order valence-electron chi connectivity index (χ0n) is 16.7. The summed E-state index contributed by atoms with van der Waals surface area (Å²) in [5.74, 6) is -0.472. The molecule has 27 heavy (non-hydrogen) atoms. The fourth-order valence-electron chi connectivity index (χ4n) is 4.91. The molecule has 150 valence electrons. The first-order chi connectivity index (χ1) is 12.9. The van der Waals surface area contributed by atoms with Gasteiger partial charge in [-0.15, -0.1) is 0 Å². The lowest BCUT2D eigenvalue weighted by atomic mass is 9.81. The third-order valence-corrected chi connectivity index (χ3v) is 6.47. The van der Waals surface area contributed by atoms with Gasteiger partial charge in [0.15, 0.2) is 0 Å². The first kappa shape index (κ1) is 19.9. The third kappa shape index (κ3) is 4.34. The van der Waals surface area contributed by atoms with Gasteiger partial charge in [0.05, 0.1) is 24.0 Å². The van der Waals surface area contributed by atoms with Crippen LogP contribution >= 0.6 is 0 Å². The van der Waals surface area contributed by atoms with E-state index in [-0.39, 0.29) is 23.8 Å². The number of piperidine rings is 1. The van der Waals surface area contributed by atoms with E-state index in [4.69, 9.17) is 5.11 Å². The molecule has 7 heteroatoms. The maximum atomic E-state index is 12.9. The first-order valence-corrected chi connectivity index (χ1v) is 10.0. The highest BCUT2D eigenvalue weighted by Gasteiger charge is 2.36. The minimum absolute atomic E-state index is 0.0259. The molecular weight excluding hydrogens is 344 g/mol. The van der Waals surface area contributed by atoms with E-state index in [1.165, 1.54) is 5.69 Å². The predicted molar refractivity (Wildman–Crippen MR) is 102 cm³/mol. The zero-order valence-corrected chi connectivity index (χ0v) is 16.7. The fraction of sp³-hybridized carbons (Fsp3) is 0.750. The number of likely N-dealkylation sites (tertiary alicyclic amines) is 1. The van der Waals surface area contributed by atoms with Crippen molar-refractivity contribution in [2.24, 2.45) is 24.8 Å². The summed E-state index contributed by atoms with van der Waals surface area (Å²) >= 11 is 0. The molecule has 1 N–H and O–H groups in total. The van der Waals surface area contributed by atoms with Crippen LogP contribution in [0.1, 0.15) is 50.3 Å². The van der Waals surface area contributed by atoms with Gasteiger partial charge in [-0.2, -0.15) is 0 Å². The van der Waals surface area contributed by atoms with Crippen LogP contribution in [-0.2, 0) is 16.6 Å². The highest BCUT2D eigenvalue weighted by molar-refractivity contribution is 5.79. The molecule has 3 rings (SSSR count). The summed E-state index contributed by atoms with van der Waals surface area (Å²) in [5.41, 5.74) is 1.20. The quantitative estimate of drug-likeness (QED) is 0.852. The normalized spacial score (nSPS) is 29.4. The average molecular weight is 377 g/mol. The lowest BCUT2D eigenvalue weighted by Crippen LogP contribution is -2.44. The van der Waals surface area contributed by atoms with E-state index in [9.17, 15) is 9.59 Å². The Bertz CT molecular complexity index is 666. The Morgan fingerprint density at radius 3 is 2.44 bits per heavy atom. The van der Waals surface area contributed by atoms with Crippen molar-refractivity contribution < 1.29 is 14.7 Å². The van der Waals surface area contributed by atoms with Crippen LogP contribution < -0.4 is 0 Å². The van der Waals surface area contributed by atoms with Gasteiger partial charge in [-0.1, -0.05) is 0 Å². The van der Waals surface area contributed by atoms with Gasteiger partial charge in [0.1, 0.15) is 0 Å². The molecule has 2 aliphatic rings.